The summed E-state index contributed by atoms with van der Waals surface area (Å²) in [5.41, 5.74) is 6.87. The summed E-state index contributed by atoms with van der Waals surface area (Å²) in [7, 11) is -2.25. The molecule has 1 aliphatic heterocycles. The molecule has 1 unspecified atom stereocenters. The third-order valence-electron chi connectivity index (χ3n) is 4.60. The van der Waals surface area contributed by atoms with Gasteiger partial charge in [0, 0.05) is 31.7 Å². The van der Waals surface area contributed by atoms with Gasteiger partial charge in [-0.1, -0.05) is 24.3 Å². The average molecular weight is 373 g/mol. The Bertz CT molecular complexity index is 884. The van der Waals surface area contributed by atoms with Crippen LogP contribution in [0.5, 0.6) is 0 Å². The second-order valence-corrected chi connectivity index (χ2v) is 8.46. The summed E-state index contributed by atoms with van der Waals surface area (Å²) < 4.78 is 27.0. The Morgan fingerprint density at radius 2 is 1.88 bits per heavy atom. The van der Waals surface area contributed by atoms with Crippen molar-refractivity contribution in [3.8, 4) is 0 Å². The van der Waals surface area contributed by atoms with Crippen molar-refractivity contribution in [2.75, 3.05) is 24.4 Å². The molecule has 1 heterocycles. The van der Waals surface area contributed by atoms with E-state index >= 15 is 0 Å². The first-order chi connectivity index (χ1) is 12.4. The van der Waals surface area contributed by atoms with E-state index < -0.39 is 10.0 Å². The number of sulfonamides is 1. The standard InChI is InChI=1S/C19H23N3O3S/c1-21(17-9-3-2-4-10-17)26(24,25)18-11-5-7-15(13-18)19(23)22-12-6-8-16(20)14-22/h2-5,7,9-11,13,16H,6,8,12,14,20H2,1H3. The van der Waals surface area contributed by atoms with Gasteiger partial charge in [0.2, 0.25) is 0 Å². The van der Waals surface area contributed by atoms with Gasteiger partial charge < -0.3 is 10.6 Å². The van der Waals surface area contributed by atoms with Crippen LogP contribution in [-0.2, 0) is 10.0 Å². The highest BCUT2D eigenvalue weighted by atomic mass is 32.2. The van der Waals surface area contributed by atoms with Crippen LogP contribution in [0.3, 0.4) is 0 Å². The van der Waals surface area contributed by atoms with Gasteiger partial charge in [0.15, 0.2) is 0 Å². The van der Waals surface area contributed by atoms with Gasteiger partial charge in [0.1, 0.15) is 0 Å². The summed E-state index contributed by atoms with van der Waals surface area (Å²) in [5.74, 6) is -0.181. The van der Waals surface area contributed by atoms with Crippen LogP contribution in [0, 0.1) is 0 Å². The first kappa shape index (κ1) is 18.4. The number of rotatable bonds is 4. The molecule has 0 aliphatic carbocycles. The molecule has 0 radical (unpaired) electrons. The molecule has 138 valence electrons. The summed E-state index contributed by atoms with van der Waals surface area (Å²) >= 11 is 0. The average Bonchev–Trinajstić information content (AvgIpc) is 2.67. The molecule has 1 aliphatic rings. The van der Waals surface area contributed by atoms with E-state index in [1.807, 2.05) is 6.07 Å². The van der Waals surface area contributed by atoms with Crippen molar-refractivity contribution in [2.24, 2.45) is 5.73 Å². The number of benzene rings is 2. The summed E-state index contributed by atoms with van der Waals surface area (Å²) in [6.07, 6.45) is 1.77. The van der Waals surface area contributed by atoms with E-state index in [0.29, 0.717) is 24.3 Å². The summed E-state index contributed by atoms with van der Waals surface area (Å²) in [6.45, 7) is 1.15. The van der Waals surface area contributed by atoms with E-state index in [9.17, 15) is 13.2 Å². The maximum Gasteiger partial charge on any atom is 0.264 e. The molecule has 26 heavy (non-hydrogen) atoms. The van der Waals surface area contributed by atoms with Crippen LogP contribution < -0.4 is 10.0 Å². The lowest BCUT2D eigenvalue weighted by molar-refractivity contribution is 0.0708. The molecule has 0 saturated carbocycles. The predicted molar refractivity (Wildman–Crippen MR) is 102 cm³/mol. The molecule has 0 spiro atoms. The Labute approximate surface area is 154 Å². The van der Waals surface area contributed by atoms with Crippen LogP contribution in [0.25, 0.3) is 0 Å². The highest BCUT2D eigenvalue weighted by Gasteiger charge is 2.25. The van der Waals surface area contributed by atoms with Crippen molar-refractivity contribution in [1.82, 2.24) is 4.90 Å². The normalized spacial score (nSPS) is 17.8. The molecule has 2 aromatic carbocycles. The molecule has 0 aromatic heterocycles. The summed E-state index contributed by atoms with van der Waals surface area (Å²) in [4.78, 5) is 14.5. The van der Waals surface area contributed by atoms with Crippen LogP contribution in [0.15, 0.2) is 59.5 Å². The maximum absolute atomic E-state index is 12.9. The molecule has 1 atom stereocenters. The number of likely N-dealkylation sites (tertiary alicyclic amines) is 1. The number of carbonyl (C=O) groups is 1. The second kappa shape index (κ2) is 7.47. The fourth-order valence-electron chi connectivity index (χ4n) is 3.10. The summed E-state index contributed by atoms with van der Waals surface area (Å²) in [6, 6.07) is 15.0. The highest BCUT2D eigenvalue weighted by molar-refractivity contribution is 7.92. The van der Waals surface area contributed by atoms with Gasteiger partial charge in [-0.05, 0) is 43.2 Å². The van der Waals surface area contributed by atoms with E-state index in [0.717, 1.165) is 12.8 Å². The predicted octanol–water partition coefficient (Wildman–Crippen LogP) is 2.08. The Morgan fingerprint density at radius 3 is 2.58 bits per heavy atom. The largest absolute Gasteiger partial charge is 0.337 e. The Kier molecular flexibility index (Phi) is 5.29. The van der Waals surface area contributed by atoms with E-state index in [1.165, 1.54) is 23.5 Å². The zero-order chi connectivity index (χ0) is 18.7. The molecular formula is C19H23N3O3S. The number of amides is 1. The molecule has 1 fully saturated rings. The molecular weight excluding hydrogens is 350 g/mol. The quantitative estimate of drug-likeness (QED) is 0.889. The highest BCUT2D eigenvalue weighted by Crippen LogP contribution is 2.23. The second-order valence-electron chi connectivity index (χ2n) is 6.49. The van der Waals surface area contributed by atoms with Crippen LogP contribution in [0.4, 0.5) is 5.69 Å². The number of anilines is 1. The van der Waals surface area contributed by atoms with Crippen LogP contribution in [-0.4, -0.2) is 45.4 Å². The molecule has 1 amide bonds. The van der Waals surface area contributed by atoms with Gasteiger partial charge in [0.05, 0.1) is 10.6 Å². The number of nitrogens with two attached hydrogens (primary N) is 1. The van der Waals surface area contributed by atoms with Crippen molar-refractivity contribution in [1.29, 1.82) is 0 Å². The SMILES string of the molecule is CN(c1ccccc1)S(=O)(=O)c1cccc(C(=O)N2CCCC(N)C2)c1. The number of hydrogen-bond acceptors (Lipinski definition) is 4. The molecule has 2 N–H and O–H groups in total. The van der Waals surface area contributed by atoms with E-state index in [-0.39, 0.29) is 16.8 Å². The lowest BCUT2D eigenvalue weighted by atomic mass is 10.1. The van der Waals surface area contributed by atoms with E-state index in [4.69, 9.17) is 5.73 Å². The molecule has 3 rings (SSSR count). The third-order valence-corrected chi connectivity index (χ3v) is 6.39. The van der Waals surface area contributed by atoms with Gasteiger partial charge in [-0.3, -0.25) is 9.10 Å². The Morgan fingerprint density at radius 1 is 1.15 bits per heavy atom. The minimum absolute atomic E-state index is 0.0242. The minimum atomic E-state index is -3.75. The first-order valence-electron chi connectivity index (χ1n) is 8.58. The van der Waals surface area contributed by atoms with Gasteiger partial charge in [0.25, 0.3) is 15.9 Å². The topological polar surface area (TPSA) is 83.7 Å². The van der Waals surface area contributed by atoms with Crippen molar-refractivity contribution in [3.63, 3.8) is 0 Å². The molecule has 1 saturated heterocycles. The monoisotopic (exact) mass is 373 g/mol. The number of carbonyl (C=O) groups excluding carboxylic acids is 1. The van der Waals surface area contributed by atoms with Crippen LogP contribution >= 0.6 is 0 Å². The number of para-hydroxylation sites is 1. The van der Waals surface area contributed by atoms with Gasteiger partial charge in [-0.15, -0.1) is 0 Å². The van der Waals surface area contributed by atoms with Gasteiger partial charge in [-0.2, -0.15) is 0 Å². The number of hydrogen-bond donors (Lipinski definition) is 1. The fourth-order valence-corrected chi connectivity index (χ4v) is 4.34. The van der Waals surface area contributed by atoms with Crippen molar-refractivity contribution >= 4 is 21.6 Å². The van der Waals surface area contributed by atoms with Crippen LogP contribution in [0.2, 0.25) is 0 Å². The number of nitrogens with zero attached hydrogens (tertiary/aromatic N) is 2. The minimum Gasteiger partial charge on any atom is -0.337 e. The van der Waals surface area contributed by atoms with Gasteiger partial charge in [-0.25, -0.2) is 8.42 Å². The zero-order valence-electron chi connectivity index (χ0n) is 14.7. The Hall–Kier alpha value is -2.38. The smallest absolute Gasteiger partial charge is 0.264 e. The third kappa shape index (κ3) is 3.73. The van der Waals surface area contributed by atoms with Crippen molar-refractivity contribution in [3.05, 3.63) is 60.2 Å². The van der Waals surface area contributed by atoms with E-state index in [2.05, 4.69) is 0 Å². The molecule has 2 aromatic rings. The van der Waals surface area contributed by atoms with E-state index in [1.54, 1.807) is 41.3 Å². The molecule has 6 nitrogen and oxygen atoms in total. The maximum atomic E-state index is 12.9. The Balaban J connectivity index is 1.88. The molecule has 7 heteroatoms. The number of piperidine rings is 1. The summed E-state index contributed by atoms with van der Waals surface area (Å²) in [5, 5.41) is 0. The fraction of sp³-hybridized carbons (Fsp3) is 0.316. The first-order valence-corrected chi connectivity index (χ1v) is 10.0. The zero-order valence-corrected chi connectivity index (χ0v) is 15.5. The van der Waals surface area contributed by atoms with Crippen molar-refractivity contribution in [2.45, 2.75) is 23.8 Å². The van der Waals surface area contributed by atoms with Crippen LogP contribution in [0.1, 0.15) is 23.2 Å². The molecule has 0 bridgehead atoms. The lowest BCUT2D eigenvalue weighted by Crippen LogP contribution is -2.45. The lowest BCUT2D eigenvalue weighted by Gasteiger charge is -2.31. The van der Waals surface area contributed by atoms with Gasteiger partial charge >= 0.3 is 0 Å². The van der Waals surface area contributed by atoms with Crippen molar-refractivity contribution < 1.29 is 13.2 Å².